The number of benzene rings is 2. The number of amides is 1. The lowest BCUT2D eigenvalue weighted by Gasteiger charge is -2.36. The number of anilines is 1. The Morgan fingerprint density at radius 1 is 1.07 bits per heavy atom. The monoisotopic (exact) mass is 386 g/mol. The van der Waals surface area contributed by atoms with Crippen LogP contribution in [0.5, 0.6) is 0 Å². The first-order chi connectivity index (χ1) is 12.9. The number of hydrogen-bond donors (Lipinski definition) is 1. The van der Waals surface area contributed by atoms with Gasteiger partial charge in [0, 0.05) is 31.7 Å². The molecule has 2 aromatic carbocycles. The third-order valence-corrected chi connectivity index (χ3v) is 5.59. The van der Waals surface area contributed by atoms with Crippen LogP contribution in [-0.2, 0) is 11.3 Å². The Bertz CT molecular complexity index is 800. The van der Waals surface area contributed by atoms with Crippen molar-refractivity contribution in [1.82, 2.24) is 4.90 Å². The predicted octanol–water partition coefficient (Wildman–Crippen LogP) is 2.32. The Hall–Kier alpha value is -2.04. The maximum Gasteiger partial charge on any atom is 0.277 e. The summed E-state index contributed by atoms with van der Waals surface area (Å²) >= 11 is 6.30. The van der Waals surface area contributed by atoms with Gasteiger partial charge in [-0.2, -0.15) is 0 Å². The van der Waals surface area contributed by atoms with Crippen LogP contribution >= 0.6 is 11.6 Å². The summed E-state index contributed by atoms with van der Waals surface area (Å²) < 4.78 is 0. The van der Waals surface area contributed by atoms with Crippen molar-refractivity contribution < 1.29 is 9.69 Å². The van der Waals surface area contributed by atoms with Gasteiger partial charge in [-0.15, -0.1) is 0 Å². The van der Waals surface area contributed by atoms with Crippen LogP contribution in [-0.4, -0.2) is 50.6 Å². The molecule has 1 saturated heterocycles. The van der Waals surface area contributed by atoms with E-state index in [1.807, 2.05) is 29.2 Å². The number of nitrogens with zero attached hydrogens (tertiary/aromatic N) is 2. The van der Waals surface area contributed by atoms with Crippen molar-refractivity contribution in [3.05, 3.63) is 64.2 Å². The van der Waals surface area contributed by atoms with Gasteiger partial charge in [0.15, 0.2) is 6.54 Å². The number of para-hydroxylation sites is 1. The Kier molecular flexibility index (Phi) is 6.40. The number of likely N-dealkylation sites (N-methyl/N-ethyl adjacent to an activating group) is 1. The van der Waals surface area contributed by atoms with E-state index in [0.717, 1.165) is 43.4 Å². The van der Waals surface area contributed by atoms with Gasteiger partial charge in [0.2, 0.25) is 0 Å². The van der Waals surface area contributed by atoms with Crippen molar-refractivity contribution in [2.45, 2.75) is 20.4 Å². The van der Waals surface area contributed by atoms with E-state index in [-0.39, 0.29) is 5.91 Å². The number of halogens is 1. The van der Waals surface area contributed by atoms with E-state index in [0.29, 0.717) is 6.54 Å². The molecule has 2 aromatic rings. The second-order valence-corrected chi connectivity index (χ2v) is 7.97. The van der Waals surface area contributed by atoms with E-state index in [2.05, 4.69) is 44.0 Å². The Labute approximate surface area is 167 Å². The molecular formula is C22H29ClN3O+. The van der Waals surface area contributed by atoms with Gasteiger partial charge in [0.05, 0.1) is 17.8 Å². The highest BCUT2D eigenvalue weighted by Gasteiger charge is 2.24. The van der Waals surface area contributed by atoms with Gasteiger partial charge in [-0.1, -0.05) is 47.5 Å². The van der Waals surface area contributed by atoms with Crippen molar-refractivity contribution >= 4 is 23.2 Å². The molecule has 3 rings (SSSR count). The molecule has 1 heterocycles. The third kappa shape index (κ3) is 5.02. The fourth-order valence-electron chi connectivity index (χ4n) is 3.71. The number of piperazine rings is 1. The van der Waals surface area contributed by atoms with Gasteiger partial charge >= 0.3 is 0 Å². The maximum absolute atomic E-state index is 12.7. The molecule has 1 aliphatic heterocycles. The number of nitrogens with one attached hydrogen (secondary N) is 1. The second-order valence-electron chi connectivity index (χ2n) is 7.56. The van der Waals surface area contributed by atoms with Crippen LogP contribution in [0.25, 0.3) is 0 Å². The highest BCUT2D eigenvalue weighted by atomic mass is 35.5. The smallest absolute Gasteiger partial charge is 0.277 e. The first kappa shape index (κ1) is 19.7. The van der Waals surface area contributed by atoms with E-state index >= 15 is 0 Å². The Balaban J connectivity index is 1.51. The first-order valence-corrected chi connectivity index (χ1v) is 9.96. The number of carbonyl (C=O) groups excluding carboxylic acids is 1. The van der Waals surface area contributed by atoms with Gasteiger partial charge in [-0.3, -0.25) is 4.79 Å². The van der Waals surface area contributed by atoms with Crippen LogP contribution in [0.4, 0.5) is 5.69 Å². The molecule has 0 spiro atoms. The van der Waals surface area contributed by atoms with Crippen molar-refractivity contribution in [2.75, 3.05) is 44.7 Å². The number of aryl methyl sites for hydroxylation is 2. The van der Waals surface area contributed by atoms with Crippen LogP contribution in [0.3, 0.4) is 0 Å². The van der Waals surface area contributed by atoms with Crippen molar-refractivity contribution in [2.24, 2.45) is 0 Å². The van der Waals surface area contributed by atoms with Crippen molar-refractivity contribution in [1.29, 1.82) is 0 Å². The molecule has 0 aliphatic carbocycles. The second kappa shape index (κ2) is 8.77. The minimum atomic E-state index is 0.232. The van der Waals surface area contributed by atoms with Crippen LogP contribution < -0.4 is 9.80 Å². The van der Waals surface area contributed by atoms with Crippen molar-refractivity contribution in [3.8, 4) is 0 Å². The molecule has 4 nitrogen and oxygen atoms in total. The van der Waals surface area contributed by atoms with Crippen LogP contribution in [0.2, 0.25) is 5.02 Å². The lowest BCUT2D eigenvalue weighted by Crippen LogP contribution is -3.09. The van der Waals surface area contributed by atoms with Crippen LogP contribution in [0.15, 0.2) is 42.5 Å². The van der Waals surface area contributed by atoms with Gasteiger partial charge in [-0.05, 0) is 31.5 Å². The normalized spacial score (nSPS) is 15.7. The van der Waals surface area contributed by atoms with E-state index < -0.39 is 0 Å². The molecule has 0 radical (unpaired) electrons. The molecule has 1 aliphatic rings. The molecule has 144 valence electrons. The highest BCUT2D eigenvalue weighted by molar-refractivity contribution is 6.33. The van der Waals surface area contributed by atoms with Crippen LogP contribution in [0, 0.1) is 13.8 Å². The number of quaternary nitrogens is 1. The summed E-state index contributed by atoms with van der Waals surface area (Å²) in [5, 5.41) is 0.773. The average Bonchev–Trinajstić information content (AvgIpc) is 2.64. The molecule has 0 aromatic heterocycles. The molecule has 0 saturated carbocycles. The molecule has 1 N–H and O–H groups in total. The topological polar surface area (TPSA) is 28.0 Å². The summed E-state index contributed by atoms with van der Waals surface area (Å²) in [5.74, 6) is 0.232. The van der Waals surface area contributed by atoms with E-state index in [1.54, 1.807) is 0 Å². The molecule has 1 atom stereocenters. The van der Waals surface area contributed by atoms with Crippen LogP contribution in [0.1, 0.15) is 16.7 Å². The maximum atomic E-state index is 12.7. The molecule has 1 amide bonds. The summed E-state index contributed by atoms with van der Waals surface area (Å²) in [6.45, 7) is 8.81. The molecule has 27 heavy (non-hydrogen) atoms. The van der Waals surface area contributed by atoms with Gasteiger partial charge < -0.3 is 14.7 Å². The molecule has 5 heteroatoms. The summed E-state index contributed by atoms with van der Waals surface area (Å²) in [6.07, 6.45) is 0. The van der Waals surface area contributed by atoms with E-state index in [9.17, 15) is 4.79 Å². The van der Waals surface area contributed by atoms with E-state index in [4.69, 9.17) is 11.6 Å². The average molecular weight is 387 g/mol. The zero-order valence-electron chi connectivity index (χ0n) is 16.5. The fraction of sp³-hybridized carbons (Fsp3) is 0.409. The van der Waals surface area contributed by atoms with Gasteiger partial charge in [0.1, 0.15) is 6.54 Å². The summed E-state index contributed by atoms with van der Waals surface area (Å²) in [5.41, 5.74) is 4.95. The minimum absolute atomic E-state index is 0.232. The molecule has 0 bridgehead atoms. The quantitative estimate of drug-likeness (QED) is 0.854. The zero-order chi connectivity index (χ0) is 19.4. The summed E-state index contributed by atoms with van der Waals surface area (Å²) in [4.78, 5) is 18.2. The molecule has 1 fully saturated rings. The minimum Gasteiger partial charge on any atom is -0.367 e. The number of hydrogen-bond acceptors (Lipinski definition) is 2. The Morgan fingerprint density at radius 3 is 2.44 bits per heavy atom. The number of carbonyl (C=O) groups is 1. The van der Waals surface area contributed by atoms with E-state index in [1.165, 1.54) is 21.6 Å². The SMILES string of the molecule is Cc1ccc(C[NH+](C)CC(=O)N2CCN(c3ccccc3Cl)CC2)c(C)c1. The van der Waals surface area contributed by atoms with Crippen molar-refractivity contribution in [3.63, 3.8) is 0 Å². The summed E-state index contributed by atoms with van der Waals surface area (Å²) in [6, 6.07) is 14.4. The zero-order valence-corrected chi connectivity index (χ0v) is 17.2. The number of rotatable bonds is 5. The largest absolute Gasteiger partial charge is 0.367 e. The highest BCUT2D eigenvalue weighted by Crippen LogP contribution is 2.25. The van der Waals surface area contributed by atoms with Gasteiger partial charge in [-0.25, -0.2) is 0 Å². The lowest BCUT2D eigenvalue weighted by atomic mass is 10.1. The summed E-state index contributed by atoms with van der Waals surface area (Å²) in [7, 11) is 2.09. The predicted molar refractivity (Wildman–Crippen MR) is 112 cm³/mol. The molecule has 1 unspecified atom stereocenters. The van der Waals surface area contributed by atoms with Gasteiger partial charge in [0.25, 0.3) is 5.91 Å². The lowest BCUT2D eigenvalue weighted by molar-refractivity contribution is -0.885. The fourth-order valence-corrected chi connectivity index (χ4v) is 3.96. The third-order valence-electron chi connectivity index (χ3n) is 5.27. The Morgan fingerprint density at radius 2 is 1.78 bits per heavy atom. The first-order valence-electron chi connectivity index (χ1n) is 9.58. The standard InChI is InChI=1S/C22H28ClN3O/c1-17-8-9-19(18(2)14-17)15-24(3)16-22(27)26-12-10-25(11-13-26)21-7-5-4-6-20(21)23/h4-9,14H,10-13,15-16H2,1-3H3/p+1. The molecular weight excluding hydrogens is 358 g/mol.